The van der Waals surface area contributed by atoms with Crippen LogP contribution in [0, 0.1) is 23.2 Å². The molecule has 0 saturated heterocycles. The molecular weight excluding hydrogens is 252 g/mol. The van der Waals surface area contributed by atoms with Gasteiger partial charge in [-0.3, -0.25) is 4.72 Å². The molecule has 1 aromatic heterocycles. The molecule has 0 saturated carbocycles. The first-order valence-corrected chi connectivity index (χ1v) is 6.60. The number of nitriles is 1. The lowest BCUT2D eigenvalue weighted by Crippen LogP contribution is -2.24. The maximum Gasteiger partial charge on any atom is 0.250 e. The van der Waals surface area contributed by atoms with Crippen LogP contribution in [0.1, 0.15) is 12.5 Å². The number of nitrogens with two attached hydrogens (primary N) is 1. The molecule has 1 rings (SSSR count). The molecule has 94 valence electrons. The zero-order valence-corrected chi connectivity index (χ0v) is 10.5. The third-order valence-corrected chi connectivity index (χ3v) is 3.52. The van der Waals surface area contributed by atoms with Gasteiger partial charge in [0.25, 0.3) is 0 Å². The van der Waals surface area contributed by atoms with Crippen LogP contribution in [0.4, 0.5) is 5.82 Å². The van der Waals surface area contributed by atoms with Gasteiger partial charge in [-0.2, -0.15) is 5.26 Å². The van der Waals surface area contributed by atoms with E-state index in [0.29, 0.717) is 5.56 Å². The Morgan fingerprint density at radius 2 is 2.33 bits per heavy atom. The number of sulfonamides is 1. The number of hydrogen-bond acceptors (Lipinski definition) is 5. The van der Waals surface area contributed by atoms with E-state index < -0.39 is 15.3 Å². The van der Waals surface area contributed by atoms with Crippen LogP contribution in [0.15, 0.2) is 18.3 Å². The van der Waals surface area contributed by atoms with Gasteiger partial charge in [-0.05, 0) is 19.1 Å². The van der Waals surface area contributed by atoms with E-state index in [2.05, 4.69) is 21.5 Å². The topological polar surface area (TPSA) is 109 Å². The van der Waals surface area contributed by atoms with E-state index in [1.165, 1.54) is 19.2 Å². The predicted octanol–water partition coefficient (Wildman–Crippen LogP) is 0.0456. The third-order valence-electron chi connectivity index (χ3n) is 1.99. The Morgan fingerprint density at radius 3 is 2.94 bits per heavy atom. The Kier molecular flexibility index (Phi) is 4.67. The zero-order valence-electron chi connectivity index (χ0n) is 9.71. The fraction of sp³-hybridized carbons (Fsp3) is 0.273. The fourth-order valence-electron chi connectivity index (χ4n) is 1.02. The monoisotopic (exact) mass is 264 g/mol. The normalized spacial score (nSPS) is 11.8. The van der Waals surface area contributed by atoms with Gasteiger partial charge >= 0.3 is 0 Å². The van der Waals surface area contributed by atoms with Crippen molar-refractivity contribution in [1.82, 2.24) is 4.98 Å². The summed E-state index contributed by atoms with van der Waals surface area (Å²) in [5, 5.41) is 7.44. The van der Waals surface area contributed by atoms with Crippen LogP contribution in [0.25, 0.3) is 0 Å². The van der Waals surface area contributed by atoms with E-state index in [1.807, 2.05) is 0 Å². The maximum atomic E-state index is 11.6. The van der Waals surface area contributed by atoms with E-state index in [1.54, 1.807) is 12.1 Å². The average molecular weight is 264 g/mol. The first kappa shape index (κ1) is 14.0. The molecule has 0 fully saturated rings. The molecule has 1 unspecified atom stereocenters. The van der Waals surface area contributed by atoms with Crippen LogP contribution < -0.4 is 10.5 Å². The summed E-state index contributed by atoms with van der Waals surface area (Å²) in [5.74, 6) is 5.53. The molecule has 3 N–H and O–H groups in total. The van der Waals surface area contributed by atoms with Crippen LogP contribution in [0.2, 0.25) is 0 Å². The molecule has 1 heterocycles. The summed E-state index contributed by atoms with van der Waals surface area (Å²) >= 11 is 0. The number of aromatic nitrogens is 1. The molecule has 0 amide bonds. The van der Waals surface area contributed by atoms with Crippen molar-refractivity contribution in [1.29, 1.82) is 5.26 Å². The fourth-order valence-corrected chi connectivity index (χ4v) is 1.74. The number of hydrogen-bond donors (Lipinski definition) is 2. The van der Waals surface area contributed by atoms with Crippen molar-refractivity contribution in [2.24, 2.45) is 5.73 Å². The summed E-state index contributed by atoms with van der Waals surface area (Å²) in [7, 11) is -3.75. The van der Waals surface area contributed by atoms with Gasteiger partial charge in [0.05, 0.1) is 12.6 Å². The summed E-state index contributed by atoms with van der Waals surface area (Å²) in [5.41, 5.74) is 5.83. The van der Waals surface area contributed by atoms with Crippen molar-refractivity contribution in [3.05, 3.63) is 23.9 Å². The molecule has 1 atom stereocenters. The molecule has 0 aliphatic rings. The summed E-state index contributed by atoms with van der Waals surface area (Å²) in [4.78, 5) is 3.85. The molecule has 0 spiro atoms. The lowest BCUT2D eigenvalue weighted by Gasteiger charge is -2.08. The standard InChI is InChI=1S/C11H12N4O2S/c1-9(8-13)18(16,17)15-11-7-10(3-2-5-12)4-6-14-11/h4,6-7,9H,5,12H2,1H3,(H,14,15). The Labute approximate surface area is 106 Å². The molecule has 0 radical (unpaired) electrons. The largest absolute Gasteiger partial charge is 0.320 e. The van der Waals surface area contributed by atoms with E-state index in [-0.39, 0.29) is 12.4 Å². The minimum Gasteiger partial charge on any atom is -0.320 e. The molecular formula is C11H12N4O2S. The summed E-state index contributed by atoms with van der Waals surface area (Å²) in [6.45, 7) is 1.51. The highest BCUT2D eigenvalue weighted by Crippen LogP contribution is 2.10. The molecule has 0 aliphatic carbocycles. The van der Waals surface area contributed by atoms with Crippen LogP contribution in [0.5, 0.6) is 0 Å². The van der Waals surface area contributed by atoms with Gasteiger partial charge in [-0.1, -0.05) is 11.8 Å². The molecule has 0 aliphatic heterocycles. The van der Waals surface area contributed by atoms with Crippen molar-refractivity contribution in [2.75, 3.05) is 11.3 Å². The first-order valence-electron chi connectivity index (χ1n) is 5.06. The molecule has 1 aromatic rings. The number of pyridine rings is 1. The number of anilines is 1. The first-order chi connectivity index (χ1) is 8.49. The van der Waals surface area contributed by atoms with Crippen molar-refractivity contribution in [3.63, 3.8) is 0 Å². The Bertz CT molecular complexity index is 622. The second kappa shape index (κ2) is 6.01. The number of nitrogens with zero attached hydrogens (tertiary/aromatic N) is 2. The van der Waals surface area contributed by atoms with Gasteiger partial charge in [0.2, 0.25) is 10.0 Å². The second-order valence-electron chi connectivity index (χ2n) is 3.35. The van der Waals surface area contributed by atoms with Gasteiger partial charge < -0.3 is 5.73 Å². The maximum absolute atomic E-state index is 11.6. The van der Waals surface area contributed by atoms with Crippen LogP contribution >= 0.6 is 0 Å². The molecule has 7 heteroatoms. The Balaban J connectivity index is 2.97. The molecule has 6 nitrogen and oxygen atoms in total. The van der Waals surface area contributed by atoms with Crippen LogP contribution in [-0.2, 0) is 10.0 Å². The highest BCUT2D eigenvalue weighted by Gasteiger charge is 2.20. The minimum atomic E-state index is -3.75. The lowest BCUT2D eigenvalue weighted by atomic mass is 10.2. The number of rotatable bonds is 3. The van der Waals surface area contributed by atoms with Gasteiger partial charge in [0.1, 0.15) is 5.82 Å². The van der Waals surface area contributed by atoms with E-state index in [9.17, 15) is 8.42 Å². The second-order valence-corrected chi connectivity index (χ2v) is 5.36. The third kappa shape index (κ3) is 3.74. The van der Waals surface area contributed by atoms with Gasteiger partial charge in [-0.25, -0.2) is 13.4 Å². The van der Waals surface area contributed by atoms with Crippen molar-refractivity contribution >= 4 is 15.8 Å². The average Bonchev–Trinajstić information content (AvgIpc) is 2.35. The van der Waals surface area contributed by atoms with Gasteiger partial charge in [0.15, 0.2) is 5.25 Å². The molecule has 0 bridgehead atoms. The molecule has 18 heavy (non-hydrogen) atoms. The van der Waals surface area contributed by atoms with Crippen molar-refractivity contribution in [2.45, 2.75) is 12.2 Å². The minimum absolute atomic E-state index is 0.126. The molecule has 0 aromatic carbocycles. The highest BCUT2D eigenvalue weighted by molar-refractivity contribution is 7.93. The van der Waals surface area contributed by atoms with E-state index in [0.717, 1.165) is 0 Å². The lowest BCUT2D eigenvalue weighted by molar-refractivity contribution is 0.597. The van der Waals surface area contributed by atoms with Crippen molar-refractivity contribution in [3.8, 4) is 17.9 Å². The summed E-state index contributed by atoms with van der Waals surface area (Å²) in [6, 6.07) is 4.76. The number of nitrogens with one attached hydrogen (secondary N) is 1. The van der Waals surface area contributed by atoms with Gasteiger partial charge in [-0.15, -0.1) is 0 Å². The quantitative estimate of drug-likeness (QED) is 0.749. The highest BCUT2D eigenvalue weighted by atomic mass is 32.2. The smallest absolute Gasteiger partial charge is 0.250 e. The van der Waals surface area contributed by atoms with E-state index in [4.69, 9.17) is 11.0 Å². The predicted molar refractivity (Wildman–Crippen MR) is 67.8 cm³/mol. The van der Waals surface area contributed by atoms with E-state index >= 15 is 0 Å². The van der Waals surface area contributed by atoms with Crippen LogP contribution in [-0.4, -0.2) is 25.2 Å². The zero-order chi connectivity index (χ0) is 13.6. The SMILES string of the molecule is CC(C#N)S(=O)(=O)Nc1cc(C#CCN)ccn1. The Morgan fingerprint density at radius 1 is 1.61 bits per heavy atom. The summed E-state index contributed by atoms with van der Waals surface area (Å²) in [6.07, 6.45) is 1.43. The Hall–Kier alpha value is -2.09. The van der Waals surface area contributed by atoms with Crippen LogP contribution in [0.3, 0.4) is 0 Å². The van der Waals surface area contributed by atoms with Crippen molar-refractivity contribution < 1.29 is 8.42 Å². The summed E-state index contributed by atoms with van der Waals surface area (Å²) < 4.78 is 25.5. The van der Waals surface area contributed by atoms with Gasteiger partial charge in [0, 0.05) is 11.8 Å².